The lowest BCUT2D eigenvalue weighted by Crippen LogP contribution is -2.49. The Morgan fingerprint density at radius 1 is 1.17 bits per heavy atom. The summed E-state index contributed by atoms with van der Waals surface area (Å²) in [5.41, 5.74) is 1.63. The first-order chi connectivity index (χ1) is 13.8. The average Bonchev–Trinajstić information content (AvgIpc) is 2.73. The van der Waals surface area contributed by atoms with Crippen LogP contribution in [-0.2, 0) is 11.4 Å². The molecule has 4 nitrogen and oxygen atoms in total. The van der Waals surface area contributed by atoms with Crippen molar-refractivity contribution in [3.63, 3.8) is 0 Å². The molecule has 1 fully saturated rings. The number of amides is 1. The van der Waals surface area contributed by atoms with Crippen LogP contribution in [-0.4, -0.2) is 36.1 Å². The van der Waals surface area contributed by atoms with E-state index in [2.05, 4.69) is 5.32 Å². The molecule has 0 aromatic heterocycles. The predicted molar refractivity (Wildman–Crippen MR) is 106 cm³/mol. The summed E-state index contributed by atoms with van der Waals surface area (Å²) in [6.07, 6.45) is -3.65. The van der Waals surface area contributed by atoms with Gasteiger partial charge in [-0.3, -0.25) is 9.69 Å². The Morgan fingerprint density at radius 3 is 2.52 bits per heavy atom. The van der Waals surface area contributed by atoms with Crippen molar-refractivity contribution >= 4 is 11.6 Å². The smallest absolute Gasteiger partial charge is 0.393 e. The molecule has 1 saturated heterocycles. The van der Waals surface area contributed by atoms with E-state index in [9.17, 15) is 18.0 Å². The maximum atomic E-state index is 13.0. The summed E-state index contributed by atoms with van der Waals surface area (Å²) in [5, 5.41) is 2.78. The van der Waals surface area contributed by atoms with Gasteiger partial charge in [0.05, 0.1) is 12.0 Å². The molecule has 1 aliphatic heterocycles. The summed E-state index contributed by atoms with van der Waals surface area (Å²) in [5.74, 6) is -1.01. The normalized spacial score (nSPS) is 18.8. The highest BCUT2D eigenvalue weighted by atomic mass is 19.4. The van der Waals surface area contributed by atoms with Crippen molar-refractivity contribution in [2.24, 2.45) is 5.92 Å². The van der Waals surface area contributed by atoms with Gasteiger partial charge in [-0.05, 0) is 56.1 Å². The van der Waals surface area contributed by atoms with Gasteiger partial charge in [-0.1, -0.05) is 30.3 Å². The molecule has 1 amide bonds. The van der Waals surface area contributed by atoms with E-state index >= 15 is 0 Å². The van der Waals surface area contributed by atoms with Crippen LogP contribution in [0.3, 0.4) is 0 Å². The molecule has 1 heterocycles. The van der Waals surface area contributed by atoms with E-state index in [1.54, 1.807) is 36.1 Å². The maximum absolute atomic E-state index is 13.0. The molecule has 29 heavy (non-hydrogen) atoms. The fraction of sp³-hybridized carbons (Fsp3) is 0.409. The highest BCUT2D eigenvalue weighted by Crippen LogP contribution is 2.33. The van der Waals surface area contributed by atoms with Gasteiger partial charge in [0.15, 0.2) is 0 Å². The van der Waals surface area contributed by atoms with Crippen molar-refractivity contribution in [1.82, 2.24) is 4.90 Å². The third-order valence-corrected chi connectivity index (χ3v) is 5.21. The van der Waals surface area contributed by atoms with Gasteiger partial charge in [0.1, 0.15) is 12.4 Å². The molecular formula is C22H25F3N2O2. The Bertz CT molecular complexity index is 794. The Balaban J connectivity index is 1.52. The summed E-state index contributed by atoms with van der Waals surface area (Å²) >= 11 is 0. The Morgan fingerprint density at radius 2 is 1.86 bits per heavy atom. The van der Waals surface area contributed by atoms with Crippen LogP contribution in [0.4, 0.5) is 18.9 Å². The Labute approximate surface area is 168 Å². The molecule has 156 valence electrons. The molecule has 1 aliphatic rings. The van der Waals surface area contributed by atoms with Gasteiger partial charge in [0, 0.05) is 12.2 Å². The van der Waals surface area contributed by atoms with Crippen molar-refractivity contribution in [3.8, 4) is 5.75 Å². The number of nitrogens with one attached hydrogen (secondary N) is 1. The van der Waals surface area contributed by atoms with E-state index in [0.717, 1.165) is 5.56 Å². The van der Waals surface area contributed by atoms with E-state index in [0.29, 0.717) is 31.0 Å². The van der Waals surface area contributed by atoms with Gasteiger partial charge in [-0.2, -0.15) is 13.2 Å². The zero-order valence-electron chi connectivity index (χ0n) is 16.3. The van der Waals surface area contributed by atoms with E-state index in [-0.39, 0.29) is 18.9 Å². The van der Waals surface area contributed by atoms with E-state index < -0.39 is 18.1 Å². The minimum atomic E-state index is -4.22. The van der Waals surface area contributed by atoms with Gasteiger partial charge in [0.2, 0.25) is 5.91 Å². The van der Waals surface area contributed by atoms with Crippen LogP contribution in [0, 0.1) is 5.92 Å². The number of anilines is 1. The second kappa shape index (κ2) is 9.31. The molecule has 0 unspecified atom stereocenters. The second-order valence-electron chi connectivity index (χ2n) is 7.34. The summed E-state index contributed by atoms with van der Waals surface area (Å²) in [4.78, 5) is 14.1. The predicted octanol–water partition coefficient (Wildman–Crippen LogP) is 4.87. The number of halogens is 3. The number of piperidine rings is 1. The quantitative estimate of drug-likeness (QED) is 0.744. The average molecular weight is 406 g/mol. The summed E-state index contributed by atoms with van der Waals surface area (Å²) in [6, 6.07) is 16.1. The fourth-order valence-electron chi connectivity index (χ4n) is 3.41. The summed E-state index contributed by atoms with van der Waals surface area (Å²) in [7, 11) is 0. The molecule has 0 bridgehead atoms. The zero-order chi connectivity index (χ0) is 20.9. The van der Waals surface area contributed by atoms with Crippen LogP contribution in [0.5, 0.6) is 5.75 Å². The number of hydrogen-bond donors (Lipinski definition) is 1. The molecule has 3 rings (SSSR count). The number of ether oxygens (including phenoxy) is 1. The molecule has 2 aromatic rings. The number of likely N-dealkylation sites (tertiary alicyclic amines) is 1. The monoisotopic (exact) mass is 406 g/mol. The maximum Gasteiger partial charge on any atom is 0.393 e. The molecule has 2 aromatic carbocycles. The van der Waals surface area contributed by atoms with Gasteiger partial charge in [-0.15, -0.1) is 0 Å². The molecule has 0 aliphatic carbocycles. The largest absolute Gasteiger partial charge is 0.489 e. The van der Waals surface area contributed by atoms with E-state index in [4.69, 9.17) is 4.74 Å². The van der Waals surface area contributed by atoms with Crippen molar-refractivity contribution in [3.05, 3.63) is 60.2 Å². The Hall–Kier alpha value is -2.54. The first-order valence-corrected chi connectivity index (χ1v) is 9.71. The number of alkyl halides is 3. The standard InChI is InChI=1S/C22H25F3N2O2/c1-16(27-13-5-8-18(14-27)22(23,24)25)21(28)26-19-9-11-20(12-10-19)29-15-17-6-3-2-4-7-17/h2-4,6-7,9-12,16,18H,5,8,13-15H2,1H3,(H,26,28)/t16-,18-/m0/s1. The lowest BCUT2D eigenvalue weighted by atomic mass is 9.96. The molecule has 0 radical (unpaired) electrons. The third-order valence-electron chi connectivity index (χ3n) is 5.21. The van der Waals surface area contributed by atoms with Crippen molar-refractivity contribution < 1.29 is 22.7 Å². The summed E-state index contributed by atoms with van der Waals surface area (Å²) < 4.78 is 44.7. The van der Waals surface area contributed by atoms with Gasteiger partial charge in [0.25, 0.3) is 0 Å². The van der Waals surface area contributed by atoms with Crippen LogP contribution in [0.2, 0.25) is 0 Å². The van der Waals surface area contributed by atoms with E-state index in [1.165, 1.54) is 0 Å². The number of carbonyl (C=O) groups excluding carboxylic acids is 1. The molecule has 0 spiro atoms. The van der Waals surface area contributed by atoms with Crippen LogP contribution < -0.4 is 10.1 Å². The van der Waals surface area contributed by atoms with E-state index in [1.807, 2.05) is 30.3 Å². The zero-order valence-corrected chi connectivity index (χ0v) is 16.3. The fourth-order valence-corrected chi connectivity index (χ4v) is 3.41. The number of hydrogen-bond acceptors (Lipinski definition) is 3. The van der Waals surface area contributed by atoms with Gasteiger partial charge in [-0.25, -0.2) is 0 Å². The second-order valence-corrected chi connectivity index (χ2v) is 7.34. The topological polar surface area (TPSA) is 41.6 Å². The molecule has 0 saturated carbocycles. The Kier molecular flexibility index (Phi) is 6.79. The first kappa shape index (κ1) is 21.2. The van der Waals surface area contributed by atoms with Crippen LogP contribution in [0.15, 0.2) is 54.6 Å². The number of benzene rings is 2. The number of carbonyl (C=O) groups is 1. The minimum absolute atomic E-state index is 0.124. The highest BCUT2D eigenvalue weighted by Gasteiger charge is 2.43. The van der Waals surface area contributed by atoms with Gasteiger partial charge >= 0.3 is 6.18 Å². The number of nitrogens with zero attached hydrogens (tertiary/aromatic N) is 1. The molecular weight excluding hydrogens is 381 g/mol. The SMILES string of the molecule is C[C@@H](C(=O)Nc1ccc(OCc2ccccc2)cc1)N1CCC[C@H](C(F)(F)F)C1. The minimum Gasteiger partial charge on any atom is -0.489 e. The van der Waals surface area contributed by atoms with Crippen molar-refractivity contribution in [1.29, 1.82) is 0 Å². The molecule has 7 heteroatoms. The highest BCUT2D eigenvalue weighted by molar-refractivity contribution is 5.94. The lowest BCUT2D eigenvalue weighted by Gasteiger charge is -2.36. The van der Waals surface area contributed by atoms with Crippen molar-refractivity contribution in [2.45, 2.75) is 38.6 Å². The lowest BCUT2D eigenvalue weighted by molar-refractivity contribution is -0.188. The van der Waals surface area contributed by atoms with Crippen LogP contribution in [0.25, 0.3) is 0 Å². The van der Waals surface area contributed by atoms with Crippen molar-refractivity contribution in [2.75, 3.05) is 18.4 Å². The molecule has 2 atom stereocenters. The van der Waals surface area contributed by atoms with Gasteiger partial charge < -0.3 is 10.1 Å². The summed E-state index contributed by atoms with van der Waals surface area (Å²) in [6.45, 7) is 2.45. The third kappa shape index (κ3) is 5.97. The van der Waals surface area contributed by atoms with Crippen LogP contribution >= 0.6 is 0 Å². The molecule has 1 N–H and O–H groups in total. The number of rotatable bonds is 6. The van der Waals surface area contributed by atoms with Crippen LogP contribution in [0.1, 0.15) is 25.3 Å². The first-order valence-electron chi connectivity index (χ1n) is 9.71.